The number of phenolic OH excluding ortho intramolecular Hbond substituents is 1. The Bertz CT molecular complexity index is 717. The third-order valence-electron chi connectivity index (χ3n) is 3.72. The molecule has 2 atom stereocenters. The van der Waals surface area contributed by atoms with E-state index in [1.54, 1.807) is 6.07 Å². The van der Waals surface area contributed by atoms with Gasteiger partial charge in [-0.1, -0.05) is 30.3 Å². The Kier molecular flexibility index (Phi) is 3.62. The van der Waals surface area contributed by atoms with Gasteiger partial charge in [-0.3, -0.25) is 0 Å². The molecule has 4 heteroatoms. The lowest BCUT2D eigenvalue weighted by molar-refractivity contribution is 0.434. The SMILES string of the molecule is CC(NC(C)c1ccccc1O)c1nc2ccccc2[nH]1. The van der Waals surface area contributed by atoms with Crippen LogP contribution in [0.5, 0.6) is 5.75 Å². The molecular weight excluding hydrogens is 262 g/mol. The molecule has 0 radical (unpaired) electrons. The van der Waals surface area contributed by atoms with Crippen LogP contribution in [0.4, 0.5) is 0 Å². The quantitative estimate of drug-likeness (QED) is 0.683. The van der Waals surface area contributed by atoms with E-state index in [-0.39, 0.29) is 12.1 Å². The largest absolute Gasteiger partial charge is 0.508 e. The molecule has 3 aromatic rings. The van der Waals surface area contributed by atoms with Crippen molar-refractivity contribution in [1.82, 2.24) is 15.3 Å². The molecule has 3 N–H and O–H groups in total. The molecule has 3 rings (SSSR count). The fourth-order valence-electron chi connectivity index (χ4n) is 2.58. The molecule has 108 valence electrons. The number of aromatic hydroxyl groups is 1. The number of para-hydroxylation sites is 3. The molecule has 21 heavy (non-hydrogen) atoms. The first-order valence-corrected chi connectivity index (χ1v) is 7.13. The monoisotopic (exact) mass is 281 g/mol. The second kappa shape index (κ2) is 5.58. The predicted molar refractivity (Wildman–Crippen MR) is 84.2 cm³/mol. The van der Waals surface area contributed by atoms with E-state index in [4.69, 9.17) is 0 Å². The van der Waals surface area contributed by atoms with E-state index in [0.29, 0.717) is 5.75 Å². The van der Waals surface area contributed by atoms with E-state index in [9.17, 15) is 5.11 Å². The van der Waals surface area contributed by atoms with Gasteiger partial charge in [0.1, 0.15) is 11.6 Å². The van der Waals surface area contributed by atoms with Crippen molar-refractivity contribution in [2.45, 2.75) is 25.9 Å². The highest BCUT2D eigenvalue weighted by Gasteiger charge is 2.16. The molecule has 0 fully saturated rings. The lowest BCUT2D eigenvalue weighted by Gasteiger charge is -2.19. The van der Waals surface area contributed by atoms with Gasteiger partial charge < -0.3 is 15.4 Å². The van der Waals surface area contributed by atoms with Gasteiger partial charge >= 0.3 is 0 Å². The molecule has 2 aromatic carbocycles. The summed E-state index contributed by atoms with van der Waals surface area (Å²) in [7, 11) is 0. The second-order valence-corrected chi connectivity index (χ2v) is 5.31. The van der Waals surface area contributed by atoms with Crippen molar-refractivity contribution in [2.75, 3.05) is 0 Å². The fraction of sp³-hybridized carbons (Fsp3) is 0.235. The van der Waals surface area contributed by atoms with Crippen LogP contribution < -0.4 is 5.32 Å². The van der Waals surface area contributed by atoms with Crippen molar-refractivity contribution in [3.8, 4) is 5.75 Å². The molecule has 0 spiro atoms. The molecule has 1 aromatic heterocycles. The number of benzene rings is 2. The first-order valence-electron chi connectivity index (χ1n) is 7.13. The topological polar surface area (TPSA) is 60.9 Å². The lowest BCUT2D eigenvalue weighted by atomic mass is 10.1. The lowest BCUT2D eigenvalue weighted by Crippen LogP contribution is -2.23. The number of nitrogens with zero attached hydrogens (tertiary/aromatic N) is 1. The van der Waals surface area contributed by atoms with E-state index in [0.717, 1.165) is 22.4 Å². The average Bonchev–Trinajstić information content (AvgIpc) is 2.91. The first kappa shape index (κ1) is 13.6. The molecule has 0 saturated carbocycles. The number of hydrogen-bond acceptors (Lipinski definition) is 3. The molecule has 0 amide bonds. The number of hydrogen-bond donors (Lipinski definition) is 3. The maximum Gasteiger partial charge on any atom is 0.124 e. The van der Waals surface area contributed by atoms with Crippen LogP contribution in [0.2, 0.25) is 0 Å². The summed E-state index contributed by atoms with van der Waals surface area (Å²) in [4.78, 5) is 7.93. The minimum atomic E-state index is 0.0365. The van der Waals surface area contributed by atoms with Crippen molar-refractivity contribution in [3.63, 3.8) is 0 Å². The zero-order valence-corrected chi connectivity index (χ0v) is 12.2. The minimum Gasteiger partial charge on any atom is -0.508 e. The second-order valence-electron chi connectivity index (χ2n) is 5.31. The highest BCUT2D eigenvalue weighted by molar-refractivity contribution is 5.74. The van der Waals surface area contributed by atoms with Gasteiger partial charge in [0.15, 0.2) is 0 Å². The highest BCUT2D eigenvalue weighted by atomic mass is 16.3. The molecule has 0 aliphatic carbocycles. The van der Waals surface area contributed by atoms with Crippen molar-refractivity contribution < 1.29 is 5.11 Å². The first-order chi connectivity index (χ1) is 10.1. The van der Waals surface area contributed by atoms with E-state index < -0.39 is 0 Å². The maximum atomic E-state index is 9.92. The van der Waals surface area contributed by atoms with E-state index in [1.807, 2.05) is 49.4 Å². The van der Waals surface area contributed by atoms with Gasteiger partial charge in [-0.2, -0.15) is 0 Å². The van der Waals surface area contributed by atoms with Crippen LogP contribution in [0.3, 0.4) is 0 Å². The predicted octanol–water partition coefficient (Wildman–Crippen LogP) is 3.68. The van der Waals surface area contributed by atoms with Gasteiger partial charge in [0, 0.05) is 11.6 Å². The zero-order chi connectivity index (χ0) is 14.8. The highest BCUT2D eigenvalue weighted by Crippen LogP contribution is 2.25. The summed E-state index contributed by atoms with van der Waals surface area (Å²) in [6.45, 7) is 4.10. The van der Waals surface area contributed by atoms with Crippen LogP contribution in [0.15, 0.2) is 48.5 Å². The van der Waals surface area contributed by atoms with E-state index in [1.165, 1.54) is 0 Å². The Labute approximate surface area is 123 Å². The summed E-state index contributed by atoms with van der Waals surface area (Å²) >= 11 is 0. The third-order valence-corrected chi connectivity index (χ3v) is 3.72. The number of rotatable bonds is 4. The number of H-pyrrole nitrogens is 1. The van der Waals surface area contributed by atoms with Gasteiger partial charge in [-0.15, -0.1) is 0 Å². The molecule has 0 aliphatic heterocycles. The third kappa shape index (κ3) is 2.76. The summed E-state index contributed by atoms with van der Waals surface area (Å²) in [5.74, 6) is 1.22. The number of imidazole rings is 1. The van der Waals surface area contributed by atoms with E-state index in [2.05, 4.69) is 22.2 Å². The molecule has 0 bridgehead atoms. The fourth-order valence-corrected chi connectivity index (χ4v) is 2.58. The van der Waals surface area contributed by atoms with Crippen LogP contribution in [0, 0.1) is 0 Å². The number of nitrogens with one attached hydrogen (secondary N) is 2. The van der Waals surface area contributed by atoms with Crippen LogP contribution >= 0.6 is 0 Å². The molecule has 1 heterocycles. The molecule has 4 nitrogen and oxygen atoms in total. The van der Waals surface area contributed by atoms with Crippen LogP contribution in [-0.4, -0.2) is 15.1 Å². The number of aromatic nitrogens is 2. The van der Waals surface area contributed by atoms with Crippen LogP contribution in [0.1, 0.15) is 37.3 Å². The Hall–Kier alpha value is -2.33. The standard InChI is InChI=1S/C17H19N3O/c1-11(13-7-3-6-10-16(13)21)18-12(2)17-19-14-8-4-5-9-15(14)20-17/h3-12,18,21H,1-2H3,(H,19,20). The minimum absolute atomic E-state index is 0.0365. The van der Waals surface area contributed by atoms with Crippen molar-refractivity contribution in [1.29, 1.82) is 0 Å². The van der Waals surface area contributed by atoms with Gasteiger partial charge in [0.25, 0.3) is 0 Å². The Morgan fingerprint density at radius 3 is 2.48 bits per heavy atom. The number of fused-ring (bicyclic) bond motifs is 1. The normalized spacial score (nSPS) is 14.2. The Morgan fingerprint density at radius 2 is 1.71 bits per heavy atom. The Morgan fingerprint density at radius 1 is 1.00 bits per heavy atom. The van der Waals surface area contributed by atoms with Crippen molar-refractivity contribution >= 4 is 11.0 Å². The van der Waals surface area contributed by atoms with Gasteiger partial charge in [0.05, 0.1) is 17.1 Å². The average molecular weight is 281 g/mol. The van der Waals surface area contributed by atoms with Gasteiger partial charge in [-0.25, -0.2) is 4.98 Å². The number of aromatic amines is 1. The molecular formula is C17H19N3O. The van der Waals surface area contributed by atoms with Gasteiger partial charge in [0.2, 0.25) is 0 Å². The smallest absolute Gasteiger partial charge is 0.124 e. The summed E-state index contributed by atoms with van der Waals surface area (Å²) in [5, 5.41) is 13.4. The van der Waals surface area contributed by atoms with Crippen molar-refractivity contribution in [3.05, 3.63) is 59.9 Å². The van der Waals surface area contributed by atoms with E-state index >= 15 is 0 Å². The number of phenols is 1. The van der Waals surface area contributed by atoms with Crippen molar-refractivity contribution in [2.24, 2.45) is 0 Å². The zero-order valence-electron chi connectivity index (χ0n) is 12.2. The Balaban J connectivity index is 1.79. The molecule has 2 unspecified atom stereocenters. The molecule has 0 saturated heterocycles. The summed E-state index contributed by atoms with van der Waals surface area (Å²) in [6.07, 6.45) is 0. The van der Waals surface area contributed by atoms with Gasteiger partial charge in [-0.05, 0) is 32.0 Å². The van der Waals surface area contributed by atoms with Crippen LogP contribution in [-0.2, 0) is 0 Å². The van der Waals surface area contributed by atoms with Crippen LogP contribution in [0.25, 0.3) is 11.0 Å². The molecule has 0 aliphatic rings. The summed E-state index contributed by atoms with van der Waals surface area (Å²) in [6, 6.07) is 15.5. The summed E-state index contributed by atoms with van der Waals surface area (Å²) in [5.41, 5.74) is 2.90. The summed E-state index contributed by atoms with van der Waals surface area (Å²) < 4.78 is 0. The maximum absolute atomic E-state index is 9.92.